The van der Waals surface area contributed by atoms with E-state index >= 15 is 0 Å². The van der Waals surface area contributed by atoms with Gasteiger partial charge in [0.1, 0.15) is 53.2 Å². The van der Waals surface area contributed by atoms with Gasteiger partial charge in [0, 0.05) is 48.7 Å². The normalized spacial score (nSPS) is 13.9. The van der Waals surface area contributed by atoms with Crippen LogP contribution in [0.1, 0.15) is 91.3 Å². The zero-order chi connectivity index (χ0) is 55.5. The van der Waals surface area contributed by atoms with Crippen LogP contribution in [0.15, 0.2) is 85.1 Å². The fraction of sp³-hybridized carbons (Fsp3) is 0.481. The van der Waals surface area contributed by atoms with Crippen molar-refractivity contribution in [3.63, 3.8) is 0 Å². The Labute approximate surface area is 442 Å². The predicted molar refractivity (Wildman–Crippen MR) is 286 cm³/mol. The lowest BCUT2D eigenvalue weighted by molar-refractivity contribution is -0.143. The first kappa shape index (κ1) is 60.3. The first-order valence-electron chi connectivity index (χ1n) is 24.9. The number of aromatic nitrogens is 1. The second-order valence-electron chi connectivity index (χ2n) is 20.5. The van der Waals surface area contributed by atoms with E-state index in [1.54, 1.807) is 110 Å². The third kappa shape index (κ3) is 20.9. The number of hydrogen-bond acceptors (Lipinski definition) is 12. The zero-order valence-corrected chi connectivity index (χ0v) is 45.0. The van der Waals surface area contributed by atoms with Crippen LogP contribution in [0.2, 0.25) is 0 Å². The Hall–Kier alpha value is -7.29. The van der Waals surface area contributed by atoms with Crippen molar-refractivity contribution in [3.8, 4) is 5.75 Å². The van der Waals surface area contributed by atoms with Crippen molar-refractivity contribution in [2.24, 2.45) is 5.92 Å². The number of hydrogen-bond donors (Lipinski definition) is 10. The van der Waals surface area contributed by atoms with Crippen molar-refractivity contribution in [2.45, 2.75) is 141 Å². The van der Waals surface area contributed by atoms with Crippen molar-refractivity contribution < 1.29 is 58.0 Å². The average molecular weight is 1060 g/mol. The van der Waals surface area contributed by atoms with E-state index in [2.05, 4.69) is 42.2 Å². The van der Waals surface area contributed by atoms with E-state index < -0.39 is 101 Å². The molecule has 21 heteroatoms. The van der Waals surface area contributed by atoms with Gasteiger partial charge in [-0.15, -0.1) is 0 Å². The highest BCUT2D eigenvalue weighted by atomic mass is 32.2. The molecule has 0 bridgehead atoms. The second kappa shape index (κ2) is 28.4. The van der Waals surface area contributed by atoms with Gasteiger partial charge < -0.3 is 61.9 Å². The number of aromatic hydroxyl groups is 1. The molecule has 20 nitrogen and oxygen atoms in total. The smallest absolute Gasteiger partial charge is 0.408 e. The summed E-state index contributed by atoms with van der Waals surface area (Å²) < 4.78 is 10.8. The van der Waals surface area contributed by atoms with E-state index in [4.69, 9.17) is 9.47 Å². The van der Waals surface area contributed by atoms with Crippen LogP contribution >= 0.6 is 11.8 Å². The molecule has 6 atom stereocenters. The standard InChI is InChI=1S/C54H74N8O12S/c1-32(2)44(50(69)70)62-45(64)39(21-15-16-26-55-51(71)73-53(3,4)5)57-48(67)42(29-35-30-56-38-20-14-13-19-37(35)38)59-46(65)40(28-34-22-24-36(63)25-23-34)58-49(68)43(31-75-9)60-47(66)41(27-33-17-11-10-12-18-33)61-52(72)74-54(6,7)8/h10-14,17-20,22-25,30,32,39-44,56,63H,15-16,21,26-29,31H2,1-9H3,(H,55,71)(H,57,67)(H,58,68)(H,59,65)(H,60,66)(H,61,72)(H,62,64)(H,69,70)/t39-,40-,41+,42+,43-,44+/m0/s1. The molecule has 7 amide bonds. The Morgan fingerprint density at radius 1 is 0.587 bits per heavy atom. The number of carboxylic acid groups (broad SMARTS) is 1. The van der Waals surface area contributed by atoms with Crippen LogP contribution in [-0.2, 0) is 57.5 Å². The number of amides is 7. The molecule has 4 aromatic rings. The highest BCUT2D eigenvalue weighted by Crippen LogP contribution is 2.21. The first-order chi connectivity index (χ1) is 35.3. The van der Waals surface area contributed by atoms with Gasteiger partial charge in [0.25, 0.3) is 0 Å². The molecule has 75 heavy (non-hydrogen) atoms. The summed E-state index contributed by atoms with van der Waals surface area (Å²) >= 11 is 1.24. The molecule has 0 unspecified atom stereocenters. The Bertz CT molecular complexity index is 2560. The van der Waals surface area contributed by atoms with Crippen LogP contribution in [-0.4, -0.2) is 129 Å². The summed E-state index contributed by atoms with van der Waals surface area (Å²) in [6.45, 7) is 13.6. The number of fused-ring (bicyclic) bond motifs is 1. The minimum absolute atomic E-state index is 0.00728. The average Bonchev–Trinajstić information content (AvgIpc) is 3.73. The summed E-state index contributed by atoms with van der Waals surface area (Å²) in [6.07, 6.45) is 2.37. The number of phenols is 1. The maximum Gasteiger partial charge on any atom is 0.408 e. The van der Waals surface area contributed by atoms with Crippen molar-refractivity contribution in [1.82, 2.24) is 42.2 Å². The zero-order valence-electron chi connectivity index (χ0n) is 44.2. The number of para-hydroxylation sites is 1. The van der Waals surface area contributed by atoms with Crippen molar-refractivity contribution in [1.29, 1.82) is 0 Å². The van der Waals surface area contributed by atoms with E-state index in [0.717, 1.165) is 16.5 Å². The molecule has 0 saturated carbocycles. The number of carbonyl (C=O) groups is 8. The lowest BCUT2D eigenvalue weighted by atomic mass is 10.00. The minimum atomic E-state index is -1.40. The number of carbonyl (C=O) groups excluding carboxylic acids is 7. The Balaban J connectivity index is 1.67. The van der Waals surface area contributed by atoms with Gasteiger partial charge in [-0.1, -0.05) is 74.5 Å². The van der Waals surface area contributed by atoms with Crippen LogP contribution in [0.3, 0.4) is 0 Å². The number of phenolic OH excluding ortho intramolecular Hbond substituents is 1. The number of unbranched alkanes of at least 4 members (excludes halogenated alkanes) is 1. The van der Waals surface area contributed by atoms with E-state index in [1.165, 1.54) is 23.9 Å². The Morgan fingerprint density at radius 2 is 1.08 bits per heavy atom. The second-order valence-corrected chi connectivity index (χ2v) is 21.4. The largest absolute Gasteiger partial charge is 0.508 e. The molecule has 3 aromatic carbocycles. The number of aliphatic carboxylic acids is 1. The molecule has 0 radical (unpaired) electrons. The molecule has 1 aromatic heterocycles. The number of rotatable bonds is 26. The van der Waals surface area contributed by atoms with Crippen LogP contribution in [0.4, 0.5) is 9.59 Å². The SMILES string of the molecule is CSC[C@H](NC(=O)[C@@H](Cc1ccccc1)NC(=O)OC(C)(C)C)C(=O)N[C@@H](Cc1ccc(O)cc1)C(=O)N[C@H](Cc1c[nH]c2ccccc12)C(=O)N[C@@H](CCCCNC(=O)OC(C)(C)C)C(=O)N[C@@H](C(=O)O)C(C)C. The van der Waals surface area contributed by atoms with Crippen LogP contribution in [0.25, 0.3) is 10.9 Å². The summed E-state index contributed by atoms with van der Waals surface area (Å²) in [4.78, 5) is 113. The van der Waals surface area contributed by atoms with Gasteiger partial charge in [0.05, 0.1) is 0 Å². The van der Waals surface area contributed by atoms with Crippen molar-refractivity contribution >= 4 is 70.4 Å². The summed E-state index contributed by atoms with van der Waals surface area (Å²) in [5.41, 5.74) is 0.996. The molecule has 408 valence electrons. The minimum Gasteiger partial charge on any atom is -0.508 e. The number of H-pyrrole nitrogens is 1. The summed E-state index contributed by atoms with van der Waals surface area (Å²) in [6, 6.07) is 14.4. The van der Waals surface area contributed by atoms with Gasteiger partial charge in [-0.05, 0) is 108 Å². The van der Waals surface area contributed by atoms with Gasteiger partial charge >= 0.3 is 18.2 Å². The van der Waals surface area contributed by atoms with Gasteiger partial charge in [-0.2, -0.15) is 11.8 Å². The lowest BCUT2D eigenvalue weighted by Gasteiger charge is -2.28. The van der Waals surface area contributed by atoms with Crippen LogP contribution in [0, 0.1) is 5.92 Å². The van der Waals surface area contributed by atoms with Crippen LogP contribution < -0.4 is 37.2 Å². The number of ether oxygens (including phenoxy) is 2. The molecule has 10 N–H and O–H groups in total. The molecule has 0 saturated heterocycles. The highest BCUT2D eigenvalue weighted by molar-refractivity contribution is 7.98. The van der Waals surface area contributed by atoms with E-state index in [9.17, 15) is 48.6 Å². The fourth-order valence-corrected chi connectivity index (χ4v) is 8.34. The molecule has 0 aliphatic heterocycles. The third-order valence-corrected chi connectivity index (χ3v) is 12.1. The number of nitrogens with one attached hydrogen (secondary N) is 8. The highest BCUT2D eigenvalue weighted by Gasteiger charge is 2.35. The van der Waals surface area contributed by atoms with Crippen LogP contribution in [0.5, 0.6) is 5.75 Å². The predicted octanol–water partition coefficient (Wildman–Crippen LogP) is 5.02. The maximum absolute atomic E-state index is 14.8. The molecular weight excluding hydrogens is 985 g/mol. The molecular formula is C54H74N8O12S. The number of benzene rings is 3. The quantitative estimate of drug-likeness (QED) is 0.0370. The molecule has 4 rings (SSSR count). The summed E-state index contributed by atoms with van der Waals surface area (Å²) in [5.74, 6) is -5.68. The van der Waals surface area contributed by atoms with Gasteiger partial charge in [-0.25, -0.2) is 14.4 Å². The van der Waals surface area contributed by atoms with Gasteiger partial charge in [0.15, 0.2) is 0 Å². The molecule has 1 heterocycles. The lowest BCUT2D eigenvalue weighted by Crippen LogP contribution is -2.60. The fourth-order valence-electron chi connectivity index (χ4n) is 7.77. The topological polar surface area (TPSA) is 295 Å². The number of aromatic amines is 1. The van der Waals surface area contributed by atoms with E-state index in [0.29, 0.717) is 17.5 Å². The third-order valence-electron chi connectivity index (χ3n) is 11.4. The molecule has 0 aliphatic carbocycles. The Morgan fingerprint density at radius 3 is 1.65 bits per heavy atom. The molecule has 0 fully saturated rings. The maximum atomic E-state index is 14.8. The number of carboxylic acids is 1. The molecule has 0 spiro atoms. The summed E-state index contributed by atoms with van der Waals surface area (Å²) in [5, 5.41) is 39.7. The summed E-state index contributed by atoms with van der Waals surface area (Å²) in [7, 11) is 0. The monoisotopic (exact) mass is 1060 g/mol. The van der Waals surface area contributed by atoms with Crippen molar-refractivity contribution in [3.05, 3.63) is 102 Å². The number of thioether (sulfide) groups is 1. The van der Waals surface area contributed by atoms with Gasteiger partial charge in [0.2, 0.25) is 29.5 Å². The molecule has 0 aliphatic rings. The van der Waals surface area contributed by atoms with E-state index in [1.807, 2.05) is 24.3 Å². The number of alkyl carbamates (subject to hydrolysis) is 2. The first-order valence-corrected chi connectivity index (χ1v) is 26.3. The Kier molecular flexibility index (Phi) is 22.8. The van der Waals surface area contributed by atoms with E-state index in [-0.39, 0.29) is 50.2 Å². The van der Waals surface area contributed by atoms with Crippen molar-refractivity contribution in [2.75, 3.05) is 18.6 Å². The van der Waals surface area contributed by atoms with Gasteiger partial charge in [-0.3, -0.25) is 24.0 Å².